The van der Waals surface area contributed by atoms with Crippen LogP contribution in [-0.4, -0.2) is 40.4 Å². The van der Waals surface area contributed by atoms with Crippen LogP contribution >= 0.6 is 11.8 Å². The van der Waals surface area contributed by atoms with Crippen LogP contribution in [-0.2, 0) is 11.3 Å². The van der Waals surface area contributed by atoms with Crippen molar-refractivity contribution >= 4 is 34.9 Å². The Bertz CT molecular complexity index is 974. The fraction of sp³-hybridized carbons (Fsp3) is 0.190. The van der Waals surface area contributed by atoms with Gasteiger partial charge in [0.05, 0.1) is 11.4 Å². The van der Waals surface area contributed by atoms with Crippen LogP contribution in [0.1, 0.15) is 28.4 Å². The van der Waals surface area contributed by atoms with E-state index in [4.69, 9.17) is 0 Å². The molecule has 0 radical (unpaired) electrons. The molecule has 2 aromatic carbocycles. The van der Waals surface area contributed by atoms with Gasteiger partial charge in [0.25, 0.3) is 17.1 Å². The van der Waals surface area contributed by atoms with E-state index in [9.17, 15) is 18.8 Å². The molecule has 1 saturated heterocycles. The lowest BCUT2D eigenvalue weighted by Gasteiger charge is -2.14. The van der Waals surface area contributed by atoms with Crippen molar-refractivity contribution in [2.75, 3.05) is 13.6 Å². The molecule has 5 nitrogen and oxygen atoms in total. The summed E-state index contributed by atoms with van der Waals surface area (Å²) in [5.41, 5.74) is 1.43. The molecule has 3 rings (SSSR count). The third-order valence-electron chi connectivity index (χ3n) is 4.41. The molecule has 0 saturated carbocycles. The van der Waals surface area contributed by atoms with Crippen molar-refractivity contribution in [2.24, 2.45) is 0 Å². The molecule has 1 heterocycles. The summed E-state index contributed by atoms with van der Waals surface area (Å²) in [5, 5.41) is -0.447. The highest BCUT2D eigenvalue weighted by Gasteiger charge is 2.35. The summed E-state index contributed by atoms with van der Waals surface area (Å²) < 4.78 is 13.8. The van der Waals surface area contributed by atoms with E-state index in [2.05, 4.69) is 0 Å². The lowest BCUT2D eigenvalue weighted by Crippen LogP contribution is -2.28. The van der Waals surface area contributed by atoms with Crippen LogP contribution in [0, 0.1) is 5.82 Å². The van der Waals surface area contributed by atoms with Gasteiger partial charge in [0.1, 0.15) is 5.82 Å². The Morgan fingerprint density at radius 3 is 2.64 bits per heavy atom. The molecule has 1 aliphatic rings. The largest absolute Gasteiger partial charge is 0.342 e. The summed E-state index contributed by atoms with van der Waals surface area (Å²) in [6, 6.07) is 12.9. The third kappa shape index (κ3) is 4.14. The number of halogens is 1. The van der Waals surface area contributed by atoms with E-state index in [-0.39, 0.29) is 22.9 Å². The first-order chi connectivity index (χ1) is 13.4. The molecular formula is C21H19FN2O3S. The standard InChI is InChI=1S/C21H19FN2O3S/c1-3-23(2)19(25)15-9-6-7-14(11-15)12-18-20(26)24(21(27)28-18)13-16-8-4-5-10-17(16)22/h4-12H,3,13H2,1-2H3. The minimum atomic E-state index is -0.472. The maximum atomic E-state index is 13.8. The van der Waals surface area contributed by atoms with Gasteiger partial charge >= 0.3 is 0 Å². The number of imide groups is 1. The topological polar surface area (TPSA) is 57.7 Å². The van der Waals surface area contributed by atoms with Gasteiger partial charge in [-0.3, -0.25) is 19.3 Å². The van der Waals surface area contributed by atoms with Gasteiger partial charge < -0.3 is 4.90 Å². The SMILES string of the molecule is CCN(C)C(=O)c1cccc(C=C2SC(=O)N(Cc3ccccc3F)C2=O)c1. The minimum Gasteiger partial charge on any atom is -0.342 e. The number of thioether (sulfide) groups is 1. The highest BCUT2D eigenvalue weighted by Crippen LogP contribution is 2.33. The highest BCUT2D eigenvalue weighted by atomic mass is 32.2. The van der Waals surface area contributed by atoms with Gasteiger partial charge in [-0.1, -0.05) is 30.3 Å². The number of hydrogen-bond acceptors (Lipinski definition) is 4. The molecule has 0 aliphatic carbocycles. The number of rotatable bonds is 5. The average Bonchev–Trinajstić information content (AvgIpc) is 2.96. The monoisotopic (exact) mass is 398 g/mol. The summed E-state index contributed by atoms with van der Waals surface area (Å²) >= 11 is 0.808. The molecule has 7 heteroatoms. The molecule has 0 spiro atoms. The fourth-order valence-corrected chi connectivity index (χ4v) is 3.55. The van der Waals surface area contributed by atoms with Crippen molar-refractivity contribution in [3.8, 4) is 0 Å². The van der Waals surface area contributed by atoms with E-state index in [1.165, 1.54) is 6.07 Å². The molecule has 3 amide bonds. The Morgan fingerprint density at radius 2 is 1.93 bits per heavy atom. The van der Waals surface area contributed by atoms with E-state index in [1.807, 2.05) is 6.92 Å². The predicted octanol–water partition coefficient (Wildman–Crippen LogP) is 4.15. The Morgan fingerprint density at radius 1 is 1.18 bits per heavy atom. The molecule has 0 unspecified atom stereocenters. The second kappa shape index (κ2) is 8.39. The van der Waals surface area contributed by atoms with E-state index < -0.39 is 17.0 Å². The smallest absolute Gasteiger partial charge is 0.293 e. The zero-order chi connectivity index (χ0) is 20.3. The van der Waals surface area contributed by atoms with Gasteiger partial charge in [-0.05, 0) is 48.5 Å². The average molecular weight is 398 g/mol. The predicted molar refractivity (Wildman–Crippen MR) is 107 cm³/mol. The first-order valence-electron chi connectivity index (χ1n) is 8.75. The summed E-state index contributed by atoms with van der Waals surface area (Å²) in [6.07, 6.45) is 1.58. The molecule has 1 fully saturated rings. The summed E-state index contributed by atoms with van der Waals surface area (Å²) in [6.45, 7) is 2.35. The van der Waals surface area contributed by atoms with Crippen molar-refractivity contribution in [2.45, 2.75) is 13.5 Å². The molecule has 144 valence electrons. The Hall–Kier alpha value is -2.93. The van der Waals surface area contributed by atoms with Crippen LogP contribution in [0.25, 0.3) is 6.08 Å². The number of carbonyl (C=O) groups excluding carboxylic acids is 3. The molecule has 28 heavy (non-hydrogen) atoms. The number of benzene rings is 2. The lowest BCUT2D eigenvalue weighted by atomic mass is 10.1. The Labute approximate surface area is 166 Å². The van der Waals surface area contributed by atoms with Crippen LogP contribution in [0.3, 0.4) is 0 Å². The van der Waals surface area contributed by atoms with Crippen LogP contribution in [0.2, 0.25) is 0 Å². The lowest BCUT2D eigenvalue weighted by molar-refractivity contribution is -0.123. The van der Waals surface area contributed by atoms with Crippen LogP contribution < -0.4 is 0 Å². The molecular weight excluding hydrogens is 379 g/mol. The van der Waals surface area contributed by atoms with E-state index in [1.54, 1.807) is 60.5 Å². The van der Waals surface area contributed by atoms with Gasteiger partial charge in [-0.25, -0.2) is 4.39 Å². The maximum Gasteiger partial charge on any atom is 0.293 e. The number of hydrogen-bond donors (Lipinski definition) is 0. The van der Waals surface area contributed by atoms with Crippen molar-refractivity contribution in [1.82, 2.24) is 9.80 Å². The van der Waals surface area contributed by atoms with Crippen molar-refractivity contribution < 1.29 is 18.8 Å². The van der Waals surface area contributed by atoms with Crippen LogP contribution in [0.5, 0.6) is 0 Å². The molecule has 2 aromatic rings. The van der Waals surface area contributed by atoms with Crippen molar-refractivity contribution in [3.63, 3.8) is 0 Å². The van der Waals surface area contributed by atoms with Gasteiger partial charge in [0.2, 0.25) is 0 Å². The summed E-state index contributed by atoms with van der Waals surface area (Å²) in [5.74, 6) is -1.05. The molecule has 0 N–H and O–H groups in total. The number of amides is 3. The fourth-order valence-electron chi connectivity index (χ4n) is 2.71. The van der Waals surface area contributed by atoms with Crippen molar-refractivity contribution in [1.29, 1.82) is 0 Å². The van der Waals surface area contributed by atoms with E-state index in [0.29, 0.717) is 17.7 Å². The second-order valence-corrected chi connectivity index (χ2v) is 7.30. The molecule has 0 atom stereocenters. The molecule has 0 bridgehead atoms. The zero-order valence-electron chi connectivity index (χ0n) is 15.5. The quantitative estimate of drug-likeness (QED) is 0.710. The van der Waals surface area contributed by atoms with Crippen LogP contribution in [0.4, 0.5) is 9.18 Å². The van der Waals surface area contributed by atoms with Crippen molar-refractivity contribution in [3.05, 3.63) is 75.9 Å². The molecule has 0 aromatic heterocycles. The summed E-state index contributed by atoms with van der Waals surface area (Å²) in [4.78, 5) is 40.0. The van der Waals surface area contributed by atoms with Gasteiger partial charge in [0.15, 0.2) is 0 Å². The molecule has 1 aliphatic heterocycles. The second-order valence-electron chi connectivity index (χ2n) is 6.30. The normalized spacial score (nSPS) is 15.4. The Balaban J connectivity index is 1.82. The van der Waals surface area contributed by atoms with Crippen LogP contribution in [0.15, 0.2) is 53.4 Å². The van der Waals surface area contributed by atoms with E-state index >= 15 is 0 Å². The van der Waals surface area contributed by atoms with Gasteiger partial charge in [0, 0.05) is 24.7 Å². The maximum absolute atomic E-state index is 13.8. The zero-order valence-corrected chi connectivity index (χ0v) is 16.3. The first kappa shape index (κ1) is 19.8. The number of carbonyl (C=O) groups is 3. The third-order valence-corrected chi connectivity index (χ3v) is 5.32. The summed E-state index contributed by atoms with van der Waals surface area (Å²) in [7, 11) is 1.71. The van der Waals surface area contributed by atoms with E-state index in [0.717, 1.165) is 16.7 Å². The minimum absolute atomic E-state index is 0.117. The van der Waals surface area contributed by atoms with Gasteiger partial charge in [-0.15, -0.1) is 0 Å². The first-order valence-corrected chi connectivity index (χ1v) is 9.56. The highest BCUT2D eigenvalue weighted by molar-refractivity contribution is 8.18. The number of nitrogens with zero attached hydrogens (tertiary/aromatic N) is 2. The van der Waals surface area contributed by atoms with Gasteiger partial charge in [-0.2, -0.15) is 0 Å². The Kier molecular flexibility index (Phi) is 5.94.